The van der Waals surface area contributed by atoms with Crippen molar-refractivity contribution in [3.8, 4) is 5.75 Å². The summed E-state index contributed by atoms with van der Waals surface area (Å²) in [6, 6.07) is 11.6. The van der Waals surface area contributed by atoms with Crippen LogP contribution in [0.4, 0.5) is 17.1 Å². The standard InChI is InChI=1S/C24H26N4O6S/c1-15-5-7-16(8-6-15)25-24-27(14-18-4-3-11-34-18)23(30)21(35-24)13-22(29)26-19-12-17(28(31)32)9-10-20(19)33-2/h5-10,12,18,21H,3-4,11,13-14H2,1-2H3,(H,26,29). The van der Waals surface area contributed by atoms with Crippen molar-refractivity contribution in [2.45, 2.75) is 37.5 Å². The van der Waals surface area contributed by atoms with E-state index in [1.165, 1.54) is 37.1 Å². The first-order valence-corrected chi connectivity index (χ1v) is 12.1. The topological polar surface area (TPSA) is 123 Å². The maximum absolute atomic E-state index is 13.3. The van der Waals surface area contributed by atoms with E-state index >= 15 is 0 Å². The molecule has 0 aliphatic carbocycles. The molecule has 0 aromatic heterocycles. The molecule has 2 unspecified atom stereocenters. The monoisotopic (exact) mass is 498 g/mol. The molecule has 2 aromatic rings. The number of amides is 2. The van der Waals surface area contributed by atoms with Crippen LogP contribution in [-0.4, -0.2) is 58.4 Å². The number of amidine groups is 1. The minimum Gasteiger partial charge on any atom is -0.495 e. The highest BCUT2D eigenvalue weighted by Crippen LogP contribution is 2.34. The van der Waals surface area contributed by atoms with Crippen LogP contribution in [-0.2, 0) is 14.3 Å². The Balaban J connectivity index is 1.51. The summed E-state index contributed by atoms with van der Waals surface area (Å²) in [5.41, 5.74) is 1.82. The van der Waals surface area contributed by atoms with Gasteiger partial charge in [0, 0.05) is 25.2 Å². The molecule has 2 aliphatic rings. The molecule has 2 aromatic carbocycles. The number of hydrogen-bond acceptors (Lipinski definition) is 8. The minimum atomic E-state index is -0.676. The molecule has 0 bridgehead atoms. The fourth-order valence-electron chi connectivity index (χ4n) is 3.89. The van der Waals surface area contributed by atoms with Crippen LogP contribution in [0.1, 0.15) is 24.8 Å². The highest BCUT2D eigenvalue weighted by atomic mass is 32.2. The summed E-state index contributed by atoms with van der Waals surface area (Å²) in [5, 5.41) is 13.6. The molecule has 11 heteroatoms. The van der Waals surface area contributed by atoms with E-state index in [1.807, 2.05) is 31.2 Å². The van der Waals surface area contributed by atoms with Gasteiger partial charge in [-0.15, -0.1) is 0 Å². The van der Waals surface area contributed by atoms with E-state index in [-0.39, 0.29) is 35.6 Å². The highest BCUT2D eigenvalue weighted by molar-refractivity contribution is 8.15. The lowest BCUT2D eigenvalue weighted by Crippen LogP contribution is -2.38. The number of non-ortho nitro benzene ring substituents is 1. The second kappa shape index (κ2) is 10.9. The molecule has 10 nitrogen and oxygen atoms in total. The molecule has 2 amide bonds. The Kier molecular flexibility index (Phi) is 7.67. The van der Waals surface area contributed by atoms with E-state index < -0.39 is 16.1 Å². The summed E-state index contributed by atoms with van der Waals surface area (Å²) in [6.07, 6.45) is 1.62. The van der Waals surface area contributed by atoms with Gasteiger partial charge in [0.1, 0.15) is 11.0 Å². The molecule has 35 heavy (non-hydrogen) atoms. The SMILES string of the molecule is COc1ccc([N+](=O)[O-])cc1NC(=O)CC1SC(=Nc2ccc(C)cc2)N(CC2CCCO2)C1=O. The van der Waals surface area contributed by atoms with Crippen LogP contribution in [0.2, 0.25) is 0 Å². The second-order valence-electron chi connectivity index (χ2n) is 8.31. The smallest absolute Gasteiger partial charge is 0.271 e. The van der Waals surface area contributed by atoms with Crippen molar-refractivity contribution < 1.29 is 24.0 Å². The number of nitro benzene ring substituents is 1. The lowest BCUT2D eigenvalue weighted by atomic mass is 10.2. The maximum atomic E-state index is 13.3. The van der Waals surface area contributed by atoms with Crippen LogP contribution in [0.15, 0.2) is 47.5 Å². The summed E-state index contributed by atoms with van der Waals surface area (Å²) in [4.78, 5) is 43.0. The average molecular weight is 499 g/mol. The highest BCUT2D eigenvalue weighted by Gasteiger charge is 2.40. The third kappa shape index (κ3) is 5.98. The van der Waals surface area contributed by atoms with E-state index in [0.717, 1.165) is 24.1 Å². The Morgan fingerprint density at radius 2 is 2.09 bits per heavy atom. The van der Waals surface area contributed by atoms with Gasteiger partial charge in [0.25, 0.3) is 5.69 Å². The number of anilines is 1. The molecule has 4 rings (SSSR count). The normalized spacial score (nSPS) is 20.9. The number of nitrogens with zero attached hydrogens (tertiary/aromatic N) is 3. The van der Waals surface area contributed by atoms with Crippen LogP contribution in [0.25, 0.3) is 0 Å². The summed E-state index contributed by atoms with van der Waals surface area (Å²) in [5.74, 6) is -0.378. The van der Waals surface area contributed by atoms with Crippen molar-refractivity contribution in [1.29, 1.82) is 0 Å². The Hall–Kier alpha value is -3.44. The molecule has 2 atom stereocenters. The molecule has 2 heterocycles. The van der Waals surface area contributed by atoms with Crippen LogP contribution in [0, 0.1) is 17.0 Å². The lowest BCUT2D eigenvalue weighted by Gasteiger charge is -2.20. The number of carbonyl (C=O) groups is 2. The van der Waals surface area contributed by atoms with Gasteiger partial charge in [-0.05, 0) is 38.0 Å². The van der Waals surface area contributed by atoms with Crippen LogP contribution in [0.3, 0.4) is 0 Å². The number of nitro groups is 1. The Bertz CT molecular complexity index is 1150. The molecule has 2 aliphatic heterocycles. The zero-order valence-corrected chi connectivity index (χ0v) is 20.2. The predicted molar refractivity (Wildman–Crippen MR) is 133 cm³/mol. The Labute approximate surface area is 206 Å². The van der Waals surface area contributed by atoms with E-state index in [9.17, 15) is 19.7 Å². The van der Waals surface area contributed by atoms with Crippen molar-refractivity contribution in [1.82, 2.24) is 4.90 Å². The predicted octanol–water partition coefficient (Wildman–Crippen LogP) is 4.05. The van der Waals surface area contributed by atoms with E-state index in [4.69, 9.17) is 9.47 Å². The fraction of sp³-hybridized carbons (Fsp3) is 0.375. The van der Waals surface area contributed by atoms with Crippen molar-refractivity contribution in [2.24, 2.45) is 4.99 Å². The van der Waals surface area contributed by atoms with Gasteiger partial charge in [-0.25, -0.2) is 4.99 Å². The van der Waals surface area contributed by atoms with Gasteiger partial charge in [0.2, 0.25) is 11.8 Å². The lowest BCUT2D eigenvalue weighted by molar-refractivity contribution is -0.384. The number of ether oxygens (including phenoxy) is 2. The van der Waals surface area contributed by atoms with Gasteiger partial charge >= 0.3 is 0 Å². The number of aliphatic imine (C=N–C) groups is 1. The van der Waals surface area contributed by atoms with E-state index in [1.54, 1.807) is 4.90 Å². The van der Waals surface area contributed by atoms with E-state index in [0.29, 0.717) is 18.3 Å². The molecular weight excluding hydrogens is 472 g/mol. The van der Waals surface area contributed by atoms with E-state index in [2.05, 4.69) is 10.3 Å². The first kappa shape index (κ1) is 24.7. The summed E-state index contributed by atoms with van der Waals surface area (Å²) >= 11 is 1.24. The molecule has 0 radical (unpaired) electrons. The number of methoxy groups -OCH3 is 1. The average Bonchev–Trinajstić information content (AvgIpc) is 3.45. The van der Waals surface area contributed by atoms with Crippen LogP contribution < -0.4 is 10.1 Å². The third-order valence-electron chi connectivity index (χ3n) is 5.73. The molecule has 1 N–H and O–H groups in total. The van der Waals surface area contributed by atoms with Crippen molar-refractivity contribution in [3.05, 3.63) is 58.1 Å². The number of thioether (sulfide) groups is 1. The summed E-state index contributed by atoms with van der Waals surface area (Å²) in [7, 11) is 1.41. The van der Waals surface area contributed by atoms with Gasteiger partial charge in [-0.3, -0.25) is 24.6 Å². The summed E-state index contributed by atoms with van der Waals surface area (Å²) < 4.78 is 10.9. The molecular formula is C24H26N4O6S. The van der Waals surface area contributed by atoms with Crippen LogP contribution >= 0.6 is 11.8 Å². The van der Waals surface area contributed by atoms with Gasteiger partial charge < -0.3 is 14.8 Å². The largest absolute Gasteiger partial charge is 0.495 e. The number of aryl methyl sites for hydroxylation is 1. The zero-order valence-electron chi connectivity index (χ0n) is 19.4. The fourth-order valence-corrected chi connectivity index (χ4v) is 5.06. The summed E-state index contributed by atoms with van der Waals surface area (Å²) in [6.45, 7) is 3.04. The third-order valence-corrected chi connectivity index (χ3v) is 6.90. The van der Waals surface area contributed by atoms with Crippen molar-refractivity contribution in [3.63, 3.8) is 0 Å². The number of benzene rings is 2. The van der Waals surface area contributed by atoms with Gasteiger partial charge in [-0.2, -0.15) is 0 Å². The molecule has 2 fully saturated rings. The molecule has 2 saturated heterocycles. The number of nitrogens with one attached hydrogen (secondary N) is 1. The Morgan fingerprint density at radius 1 is 1.31 bits per heavy atom. The molecule has 184 valence electrons. The number of hydrogen-bond donors (Lipinski definition) is 1. The number of rotatable bonds is 8. The first-order chi connectivity index (χ1) is 16.8. The molecule has 0 saturated carbocycles. The van der Waals surface area contributed by atoms with Crippen molar-refractivity contribution >= 4 is 45.8 Å². The van der Waals surface area contributed by atoms with Crippen molar-refractivity contribution in [2.75, 3.05) is 25.6 Å². The second-order valence-corrected chi connectivity index (χ2v) is 9.48. The Morgan fingerprint density at radius 3 is 2.74 bits per heavy atom. The van der Waals surface area contributed by atoms with Gasteiger partial charge in [0.15, 0.2) is 5.17 Å². The molecule has 0 spiro atoms. The van der Waals surface area contributed by atoms with Gasteiger partial charge in [-0.1, -0.05) is 29.5 Å². The maximum Gasteiger partial charge on any atom is 0.271 e. The minimum absolute atomic E-state index is 0.0653. The quantitative estimate of drug-likeness (QED) is 0.430. The van der Waals surface area contributed by atoms with Crippen LogP contribution in [0.5, 0.6) is 5.75 Å². The van der Waals surface area contributed by atoms with Gasteiger partial charge in [0.05, 0.1) is 36.1 Å². The zero-order chi connectivity index (χ0) is 24.9. The first-order valence-electron chi connectivity index (χ1n) is 11.2. The number of carbonyl (C=O) groups excluding carboxylic acids is 2.